The number of hydrogen-bond donors (Lipinski definition) is 3. The summed E-state index contributed by atoms with van der Waals surface area (Å²) in [5.41, 5.74) is 8.61. The fourth-order valence-electron chi connectivity index (χ4n) is 22.1. The largest absolute Gasteiger partial charge is 0.497 e. The molecule has 7 nitrogen and oxygen atoms in total. The Hall–Kier alpha value is -3.60. The molecule has 9 heteroatoms. The van der Waals surface area contributed by atoms with Crippen molar-refractivity contribution in [1.29, 1.82) is 0 Å². The fraction of sp³-hybridized carbons (Fsp3) is 0.671. The third-order valence-electron chi connectivity index (χ3n) is 24.3. The van der Waals surface area contributed by atoms with Gasteiger partial charge in [0, 0.05) is 54.6 Å². The summed E-state index contributed by atoms with van der Waals surface area (Å²) in [6, 6.07) is 31.9. The summed E-state index contributed by atoms with van der Waals surface area (Å²) in [6.07, 6.45) is 37.3. The van der Waals surface area contributed by atoms with Crippen LogP contribution in [0, 0.1) is 76.8 Å². The molecule has 16 saturated carbocycles. The maximum atomic E-state index is 12.9. The first kappa shape index (κ1) is 57.5. The Labute approximate surface area is 494 Å². The monoisotopic (exact) mass is 1130 g/mol. The van der Waals surface area contributed by atoms with Crippen LogP contribution in [0.2, 0.25) is 0 Å². The van der Waals surface area contributed by atoms with Gasteiger partial charge in [-0.05, 0) is 303 Å². The molecule has 0 atom stereocenters. The summed E-state index contributed by atoms with van der Waals surface area (Å²) < 4.78 is 41.2. The molecule has 0 unspecified atom stereocenters. The number of halogens is 1. The minimum absolute atomic E-state index is 0.140. The molecule has 0 heterocycles. The molecule has 4 aromatic rings. The highest BCUT2D eigenvalue weighted by atomic mass is 32.2. The second kappa shape index (κ2) is 23.6. The first-order valence-corrected chi connectivity index (χ1v) is 35.1. The highest BCUT2D eigenvalue weighted by molar-refractivity contribution is 7.90. The molecule has 0 aliphatic heterocycles. The molecule has 4 aromatic carbocycles. The number of sulfone groups is 1. The average molecular weight is 1130 g/mol. The van der Waals surface area contributed by atoms with Gasteiger partial charge in [0.15, 0.2) is 9.84 Å². The van der Waals surface area contributed by atoms with Gasteiger partial charge >= 0.3 is 0 Å². The van der Waals surface area contributed by atoms with Crippen molar-refractivity contribution >= 4 is 9.84 Å². The quantitative estimate of drug-likeness (QED) is 0.109. The molecule has 0 amide bonds. The van der Waals surface area contributed by atoms with E-state index in [2.05, 4.69) is 83.4 Å². The Kier molecular flexibility index (Phi) is 16.5. The van der Waals surface area contributed by atoms with Gasteiger partial charge < -0.3 is 20.7 Å². The number of nitrogens with one attached hydrogen (secondary N) is 3. The molecule has 3 N–H and O–H groups in total. The third-order valence-corrected chi connectivity index (χ3v) is 25.4. The minimum atomic E-state index is -3.09. The van der Waals surface area contributed by atoms with E-state index in [-0.39, 0.29) is 5.82 Å². The predicted molar refractivity (Wildman–Crippen MR) is 330 cm³/mol. The molecule has 444 valence electrons. The lowest BCUT2D eigenvalue weighted by molar-refractivity contribution is -0.0822. The summed E-state index contributed by atoms with van der Waals surface area (Å²) in [7, 11) is 0.999. The summed E-state index contributed by atoms with van der Waals surface area (Å²) in [5, 5.41) is 11.7. The number of rotatable bonds is 15. The predicted octanol–water partition coefficient (Wildman–Crippen LogP) is 15.4. The van der Waals surface area contributed by atoms with E-state index in [0.717, 1.165) is 109 Å². The van der Waals surface area contributed by atoms with Crippen LogP contribution >= 0.6 is 0 Å². The van der Waals surface area contributed by atoms with Gasteiger partial charge in [0.25, 0.3) is 0 Å². The first-order chi connectivity index (χ1) is 39.6. The molecular weight excluding hydrogens is 1030 g/mol. The Morgan fingerprint density at radius 2 is 0.793 bits per heavy atom. The SMILES string of the molecule is CCc1ccccc1CNC12CC3CC(CC(C3)C1)C2.COc1ccc(CN(C)C23CC4CC(CC(C4)C2)C3)cc1.CS(=O)(=O)c1ccc(CNC23CC4CC(CC(C4)C2)C3)cc1.Fc1ccc(CNC23CC4CC(CC(C4)C2)C3)cc1. The van der Waals surface area contributed by atoms with Crippen molar-refractivity contribution in [1.82, 2.24) is 20.9 Å². The second-order valence-electron chi connectivity index (χ2n) is 30.7. The van der Waals surface area contributed by atoms with Gasteiger partial charge in [-0.2, -0.15) is 0 Å². The number of aryl methyl sites for hydroxylation is 1. The molecule has 16 aliphatic carbocycles. The van der Waals surface area contributed by atoms with Crippen LogP contribution in [0.15, 0.2) is 102 Å². The molecule has 16 bridgehead atoms. The Bertz CT molecular complexity index is 2780. The number of nitrogens with zero attached hydrogens (tertiary/aromatic N) is 1. The smallest absolute Gasteiger partial charge is 0.175 e. The van der Waals surface area contributed by atoms with Gasteiger partial charge in [0.05, 0.1) is 12.0 Å². The summed E-state index contributed by atoms with van der Waals surface area (Å²) in [4.78, 5) is 3.09. The van der Waals surface area contributed by atoms with E-state index in [1.165, 1.54) is 188 Å². The van der Waals surface area contributed by atoms with Crippen molar-refractivity contribution in [3.63, 3.8) is 0 Å². The van der Waals surface area contributed by atoms with Crippen LogP contribution in [-0.4, -0.2) is 55.9 Å². The van der Waals surface area contributed by atoms with E-state index in [0.29, 0.717) is 27.1 Å². The molecule has 16 aliphatic rings. The summed E-state index contributed by atoms with van der Waals surface area (Å²) >= 11 is 0. The van der Waals surface area contributed by atoms with Crippen LogP contribution in [0.4, 0.5) is 4.39 Å². The van der Waals surface area contributed by atoms with E-state index in [4.69, 9.17) is 4.74 Å². The van der Waals surface area contributed by atoms with E-state index in [1.807, 2.05) is 24.3 Å². The van der Waals surface area contributed by atoms with Crippen LogP contribution in [0.1, 0.15) is 189 Å². The van der Waals surface area contributed by atoms with Crippen LogP contribution in [0.5, 0.6) is 5.75 Å². The van der Waals surface area contributed by atoms with Crippen molar-refractivity contribution < 1.29 is 17.5 Å². The highest BCUT2D eigenvalue weighted by Gasteiger charge is 2.55. The Morgan fingerprint density at radius 1 is 0.463 bits per heavy atom. The van der Waals surface area contributed by atoms with Crippen molar-refractivity contribution in [3.8, 4) is 5.75 Å². The lowest BCUT2D eigenvalue weighted by atomic mass is 9.52. The normalized spacial score (nSPS) is 37.9. The molecular formula is C73H101FN4O3S. The molecule has 16 fully saturated rings. The van der Waals surface area contributed by atoms with E-state index in [9.17, 15) is 12.8 Å². The zero-order chi connectivity index (χ0) is 56.3. The highest BCUT2D eigenvalue weighted by Crippen LogP contribution is 2.60. The maximum absolute atomic E-state index is 12.9. The third kappa shape index (κ3) is 12.9. The van der Waals surface area contributed by atoms with Crippen LogP contribution in [-0.2, 0) is 42.4 Å². The Balaban J connectivity index is 0.000000103. The zero-order valence-corrected chi connectivity index (χ0v) is 51.4. The molecule has 0 radical (unpaired) electrons. The number of benzene rings is 4. The van der Waals surface area contributed by atoms with E-state index < -0.39 is 9.84 Å². The van der Waals surface area contributed by atoms with Crippen molar-refractivity contribution in [2.75, 3.05) is 20.4 Å². The number of hydrogen-bond acceptors (Lipinski definition) is 7. The van der Waals surface area contributed by atoms with Gasteiger partial charge in [-0.15, -0.1) is 0 Å². The van der Waals surface area contributed by atoms with Crippen LogP contribution in [0.25, 0.3) is 0 Å². The van der Waals surface area contributed by atoms with Gasteiger partial charge in [-0.25, -0.2) is 12.8 Å². The van der Waals surface area contributed by atoms with Gasteiger partial charge in [-0.1, -0.05) is 67.6 Å². The first-order valence-electron chi connectivity index (χ1n) is 33.3. The second-order valence-corrected chi connectivity index (χ2v) is 32.7. The lowest BCUT2D eigenvalue weighted by Gasteiger charge is -2.60. The summed E-state index contributed by atoms with van der Waals surface area (Å²) in [6.45, 7) is 6.18. The molecule has 0 saturated heterocycles. The van der Waals surface area contributed by atoms with Crippen molar-refractivity contribution in [3.05, 3.63) is 131 Å². The minimum Gasteiger partial charge on any atom is -0.497 e. The maximum Gasteiger partial charge on any atom is 0.175 e. The van der Waals surface area contributed by atoms with E-state index >= 15 is 0 Å². The standard InChI is InChI=1S/C19H27NO.C19H27N.C18H25NO2S.C17H22FN/c1-20(13-14-3-5-18(21-2)6-4-14)19-10-15-7-16(11-19)9-17(8-15)12-19;1-2-17-5-3-4-6-18(17)13-20-19-10-14-7-15(11-19)9-16(8-14)12-19;1-22(20,21)17-4-2-13(3-5-17)12-19-18-9-14-6-15(10-18)8-16(7-14)11-18;18-16-3-1-12(2-4-16)11-19-17-8-13-5-14(9-17)7-15(6-13)10-17/h3-6,15-17H,7-13H2,1-2H3;3-6,14-16,20H,2,7-13H2,1H3;2-5,14-16,19H,6-12H2,1H3;1-4,13-15,19H,5-11H2. The fourth-order valence-corrected chi connectivity index (χ4v) is 22.7. The van der Waals surface area contributed by atoms with Crippen molar-refractivity contribution in [2.45, 2.75) is 221 Å². The average Bonchev–Trinajstić information content (AvgIpc) is 3.51. The molecule has 0 aromatic heterocycles. The molecule has 20 rings (SSSR count). The zero-order valence-electron chi connectivity index (χ0n) is 50.6. The number of ether oxygens (including phenoxy) is 1. The van der Waals surface area contributed by atoms with Gasteiger partial charge in [0.1, 0.15) is 11.6 Å². The molecule has 0 spiro atoms. The van der Waals surface area contributed by atoms with Crippen LogP contribution in [0.3, 0.4) is 0 Å². The lowest BCUT2D eigenvalue weighted by Crippen LogP contribution is -2.58. The van der Waals surface area contributed by atoms with Crippen LogP contribution < -0.4 is 20.7 Å². The number of methoxy groups -OCH3 is 1. The van der Waals surface area contributed by atoms with E-state index in [1.54, 1.807) is 31.4 Å². The van der Waals surface area contributed by atoms with Gasteiger partial charge in [-0.3, -0.25) is 4.90 Å². The van der Waals surface area contributed by atoms with Gasteiger partial charge in [0.2, 0.25) is 0 Å². The Morgan fingerprint density at radius 3 is 1.15 bits per heavy atom. The van der Waals surface area contributed by atoms with Crippen molar-refractivity contribution in [2.24, 2.45) is 71.0 Å². The topological polar surface area (TPSA) is 82.7 Å². The molecule has 82 heavy (non-hydrogen) atoms. The summed E-state index contributed by atoms with van der Waals surface area (Å²) in [5.74, 6) is 12.8.